The Hall–Kier alpha value is -5.44. The van der Waals surface area contributed by atoms with Gasteiger partial charge >= 0.3 is 5.89 Å². The Morgan fingerprint density at radius 3 is 2.04 bits per heavy atom. The van der Waals surface area contributed by atoms with Crippen molar-refractivity contribution < 1.29 is 26.7 Å². The van der Waals surface area contributed by atoms with Crippen LogP contribution in [0.3, 0.4) is 0 Å². The predicted molar refractivity (Wildman–Crippen MR) is 185 cm³/mol. The Morgan fingerprint density at radius 2 is 1.40 bits per heavy atom. The van der Waals surface area contributed by atoms with Gasteiger partial charge in [-0.2, -0.15) is 13.0 Å². The summed E-state index contributed by atoms with van der Waals surface area (Å²) in [6.45, 7) is 2.61. The molecule has 7 rings (SSSR count). The molecule has 0 saturated carbocycles. The molecular weight excluding hydrogens is 609 g/mol. The normalized spacial score (nSPS) is 14.0. The summed E-state index contributed by atoms with van der Waals surface area (Å²) in [7, 11) is -4.38. The molecule has 1 aliphatic rings. The Bertz CT molecular complexity index is 2230. The van der Waals surface area contributed by atoms with Crippen LogP contribution in [0.2, 0.25) is 0 Å². The topological polar surface area (TPSA) is 83.9 Å². The molecule has 234 valence electrons. The van der Waals surface area contributed by atoms with E-state index in [4.69, 9.17) is 9.15 Å². The zero-order valence-corrected chi connectivity index (χ0v) is 26.6. The molecule has 0 saturated heterocycles. The number of anilines is 1. The number of rotatable bonds is 9. The predicted octanol–water partition coefficient (Wildman–Crippen LogP) is 8.48. The van der Waals surface area contributed by atoms with E-state index in [-0.39, 0.29) is 0 Å². The summed E-state index contributed by atoms with van der Waals surface area (Å²) in [4.78, 5) is 1.49. The molecule has 0 fully saturated rings. The van der Waals surface area contributed by atoms with Gasteiger partial charge in [0.25, 0.3) is 15.6 Å². The van der Waals surface area contributed by atoms with E-state index >= 15 is 0 Å². The second-order valence-electron chi connectivity index (χ2n) is 11.4. The fraction of sp³-hybridized carbons (Fsp3) is 0.103. The minimum Gasteiger partial charge on any atom is -0.439 e. The van der Waals surface area contributed by atoms with Gasteiger partial charge in [0, 0.05) is 17.7 Å². The average Bonchev–Trinajstić information content (AvgIpc) is 3.60. The lowest BCUT2D eigenvalue weighted by Crippen LogP contribution is -2.36. The minimum absolute atomic E-state index is 0.299. The Labute approximate surface area is 274 Å². The van der Waals surface area contributed by atoms with Crippen molar-refractivity contribution in [2.75, 3.05) is 10.8 Å². The van der Waals surface area contributed by atoms with Crippen molar-refractivity contribution in [2.24, 2.45) is 0 Å². The number of hydrogen-bond donors (Lipinski definition) is 1. The molecular formula is C39H33N2O5S+. The summed E-state index contributed by atoms with van der Waals surface area (Å²) in [5.41, 5.74) is 8.32. The highest BCUT2D eigenvalue weighted by Crippen LogP contribution is 2.42. The quantitative estimate of drug-likeness (QED) is 0.126. The van der Waals surface area contributed by atoms with Crippen molar-refractivity contribution in [3.63, 3.8) is 0 Å². The molecule has 0 radical (unpaired) electrons. The van der Waals surface area contributed by atoms with Crippen LogP contribution in [0.1, 0.15) is 24.8 Å². The number of allylic oxidation sites excluding steroid dienone is 2. The van der Waals surface area contributed by atoms with Crippen LogP contribution in [0.5, 0.6) is 5.75 Å². The molecule has 0 unspecified atom stereocenters. The van der Waals surface area contributed by atoms with Gasteiger partial charge in [0.05, 0.1) is 11.8 Å². The first kappa shape index (κ1) is 30.2. The Morgan fingerprint density at radius 1 is 0.787 bits per heavy atom. The van der Waals surface area contributed by atoms with Gasteiger partial charge in [-0.25, -0.2) is 0 Å². The van der Waals surface area contributed by atoms with Crippen LogP contribution in [-0.2, 0) is 16.7 Å². The van der Waals surface area contributed by atoms with Gasteiger partial charge in [0.15, 0.2) is 18.2 Å². The van der Waals surface area contributed by atoms with E-state index in [0.29, 0.717) is 36.2 Å². The van der Waals surface area contributed by atoms with Gasteiger partial charge in [0.2, 0.25) is 11.5 Å². The van der Waals surface area contributed by atoms with Crippen LogP contribution in [0, 0.1) is 0 Å². The zero-order chi connectivity index (χ0) is 32.4. The number of benzene rings is 5. The maximum Gasteiger partial charge on any atom is 0.374 e. The molecule has 47 heavy (non-hydrogen) atoms. The molecule has 0 spiro atoms. The standard InChI is InChI=1S/C39H32N2O5S/c1-2-28(23-39-41(27-47(42,43)44)35-25-33(19-21-37(35)46-39)31-16-10-5-11-17-31)22-38-40(26-29-12-6-3-7-13-29)34-24-32(18-20-36(34)45-38)30-14-8-4-9-15-30/h3-25H,2,26-27H2,1H3/p+1. The highest BCUT2D eigenvalue weighted by molar-refractivity contribution is 7.85. The average molecular weight is 642 g/mol. The fourth-order valence-corrected chi connectivity index (χ4v) is 6.42. The number of fused-ring (bicyclic) bond motifs is 2. The lowest BCUT2D eigenvalue weighted by molar-refractivity contribution is -0.669. The summed E-state index contributed by atoms with van der Waals surface area (Å²) in [6.07, 6.45) is 4.38. The molecule has 7 nitrogen and oxygen atoms in total. The van der Waals surface area contributed by atoms with Gasteiger partial charge in [-0.05, 0) is 52.4 Å². The number of nitrogens with zero attached hydrogens (tertiary/aromatic N) is 2. The van der Waals surface area contributed by atoms with Crippen LogP contribution in [0.4, 0.5) is 5.69 Å². The van der Waals surface area contributed by atoms with Crippen molar-refractivity contribution in [1.29, 1.82) is 0 Å². The largest absolute Gasteiger partial charge is 0.439 e. The van der Waals surface area contributed by atoms with E-state index < -0.39 is 16.0 Å². The smallest absolute Gasteiger partial charge is 0.374 e. The van der Waals surface area contributed by atoms with E-state index in [2.05, 4.69) is 41.0 Å². The van der Waals surface area contributed by atoms with E-state index in [1.54, 1.807) is 0 Å². The SMILES string of the molecule is CCC(/C=C1\Oc2ccc(-c3ccccc3)cc2N1CS(=O)(=O)O)=C\c1oc2ccc(-c3ccccc3)cc2[n+]1Cc1ccccc1. The Balaban J connectivity index is 1.31. The van der Waals surface area contributed by atoms with Gasteiger partial charge < -0.3 is 9.15 Å². The third-order valence-corrected chi connectivity index (χ3v) is 8.76. The van der Waals surface area contributed by atoms with Gasteiger partial charge in [-0.3, -0.25) is 9.45 Å². The maximum absolute atomic E-state index is 12.2. The second kappa shape index (κ2) is 12.7. The molecule has 2 heterocycles. The van der Waals surface area contributed by atoms with Crippen LogP contribution in [0.15, 0.2) is 149 Å². The number of oxazole rings is 1. The zero-order valence-electron chi connectivity index (χ0n) is 25.8. The third kappa shape index (κ3) is 6.60. The molecule has 1 aromatic heterocycles. The summed E-state index contributed by atoms with van der Waals surface area (Å²) < 4.78 is 49.1. The molecule has 0 atom stereocenters. The van der Waals surface area contributed by atoms with Crippen LogP contribution >= 0.6 is 0 Å². The lowest BCUT2D eigenvalue weighted by atomic mass is 10.0. The summed E-state index contributed by atoms with van der Waals surface area (Å²) in [6, 6.07) is 42.1. The summed E-state index contributed by atoms with van der Waals surface area (Å²) in [5, 5.41) is 0. The first-order chi connectivity index (χ1) is 22.8. The first-order valence-electron chi connectivity index (χ1n) is 15.4. The number of ether oxygens (including phenoxy) is 1. The second-order valence-corrected chi connectivity index (χ2v) is 12.8. The molecule has 1 N–H and O–H groups in total. The first-order valence-corrected chi connectivity index (χ1v) is 17.0. The van der Waals surface area contributed by atoms with E-state index in [9.17, 15) is 13.0 Å². The van der Waals surface area contributed by atoms with Crippen LogP contribution in [0.25, 0.3) is 39.4 Å². The van der Waals surface area contributed by atoms with Gasteiger partial charge in [0.1, 0.15) is 0 Å². The van der Waals surface area contributed by atoms with Crippen molar-refractivity contribution in [1.82, 2.24) is 0 Å². The fourth-order valence-electron chi connectivity index (χ4n) is 5.83. The molecule has 0 aliphatic carbocycles. The highest BCUT2D eigenvalue weighted by atomic mass is 32.2. The van der Waals surface area contributed by atoms with Crippen LogP contribution in [-0.4, -0.2) is 18.8 Å². The molecule has 1 aliphatic heterocycles. The molecule has 5 aromatic carbocycles. The molecule has 6 aromatic rings. The van der Waals surface area contributed by atoms with Crippen molar-refractivity contribution in [3.05, 3.63) is 156 Å². The van der Waals surface area contributed by atoms with Crippen molar-refractivity contribution in [3.8, 4) is 28.0 Å². The molecule has 8 heteroatoms. The van der Waals surface area contributed by atoms with Gasteiger partial charge in [-0.1, -0.05) is 110 Å². The monoisotopic (exact) mass is 641 g/mol. The van der Waals surface area contributed by atoms with Crippen molar-refractivity contribution in [2.45, 2.75) is 19.9 Å². The maximum atomic E-state index is 12.2. The number of hydrogen-bond acceptors (Lipinski definition) is 5. The third-order valence-electron chi connectivity index (χ3n) is 8.18. The summed E-state index contributed by atoms with van der Waals surface area (Å²) in [5.74, 6) is 0.799. The van der Waals surface area contributed by atoms with Crippen molar-refractivity contribution >= 4 is 33.0 Å². The van der Waals surface area contributed by atoms with E-state index in [1.807, 2.05) is 110 Å². The lowest BCUT2D eigenvalue weighted by Gasteiger charge is -2.17. The molecule has 0 amide bonds. The summed E-state index contributed by atoms with van der Waals surface area (Å²) >= 11 is 0. The van der Waals surface area contributed by atoms with Gasteiger partial charge in [-0.15, -0.1) is 0 Å². The highest BCUT2D eigenvalue weighted by Gasteiger charge is 2.31. The minimum atomic E-state index is -4.38. The molecule has 0 bridgehead atoms. The number of aromatic nitrogens is 1. The van der Waals surface area contributed by atoms with Crippen LogP contribution < -0.4 is 14.2 Å². The Kier molecular flexibility index (Phi) is 8.20. The van der Waals surface area contributed by atoms with E-state index in [1.165, 1.54) is 4.90 Å². The van der Waals surface area contributed by atoms with E-state index in [0.717, 1.165) is 44.5 Å².